The molecule has 0 amide bonds. The fraction of sp³-hybridized carbons (Fsp3) is 0.824. The van der Waals surface area contributed by atoms with Gasteiger partial charge in [0.05, 0.1) is 11.9 Å². The third-order valence-corrected chi connectivity index (χ3v) is 13.7. The zero-order valence-corrected chi connectivity index (χ0v) is 27.7. The number of nitrogens with one attached hydrogen (secondary N) is 3. The first-order valence-corrected chi connectivity index (χ1v) is 18.8. The molecule has 8 nitrogen and oxygen atoms in total. The van der Waals surface area contributed by atoms with Crippen molar-refractivity contribution < 1.29 is 13.2 Å². The largest absolute Gasteiger partial charge is 0.362 e. The lowest BCUT2D eigenvalue weighted by molar-refractivity contribution is -0.0909. The highest BCUT2D eigenvalue weighted by Gasteiger charge is 2.56. The highest BCUT2D eigenvalue weighted by molar-refractivity contribution is 7.90. The lowest BCUT2D eigenvalue weighted by atomic mass is 9.74. The zero-order chi connectivity index (χ0) is 29.9. The number of rotatable bonds is 5. The van der Waals surface area contributed by atoms with E-state index in [0.29, 0.717) is 30.5 Å². The third kappa shape index (κ3) is 6.47. The second-order valence-electron chi connectivity index (χ2n) is 15.6. The molecule has 7 rings (SSSR count). The van der Waals surface area contributed by atoms with E-state index in [0.717, 1.165) is 69.6 Å². The number of hydrogen-bond donors (Lipinski definition) is 3. The smallest absolute Gasteiger partial charge is 0.216 e. The van der Waals surface area contributed by atoms with E-state index in [4.69, 9.17) is 4.74 Å². The van der Waals surface area contributed by atoms with Crippen molar-refractivity contribution >= 4 is 10.0 Å². The summed E-state index contributed by atoms with van der Waals surface area (Å²) in [5.41, 5.74) is 4.44. The molecule has 6 atom stereocenters. The van der Waals surface area contributed by atoms with Crippen molar-refractivity contribution in [2.75, 3.05) is 26.2 Å². The second-order valence-corrected chi connectivity index (χ2v) is 17.6. The van der Waals surface area contributed by atoms with Crippen LogP contribution in [-0.4, -0.2) is 80.4 Å². The van der Waals surface area contributed by atoms with Gasteiger partial charge in [-0.1, -0.05) is 38.5 Å². The Morgan fingerprint density at radius 1 is 1.00 bits per heavy atom. The average molecular weight is 614 g/mol. The summed E-state index contributed by atoms with van der Waals surface area (Å²) >= 11 is 0. The van der Waals surface area contributed by atoms with E-state index in [9.17, 15) is 8.42 Å². The predicted molar refractivity (Wildman–Crippen MR) is 171 cm³/mol. The van der Waals surface area contributed by atoms with Gasteiger partial charge in [-0.2, -0.15) is 4.72 Å². The monoisotopic (exact) mass is 613 g/mol. The molecule has 1 aromatic rings. The van der Waals surface area contributed by atoms with Crippen molar-refractivity contribution in [2.45, 2.75) is 134 Å². The van der Waals surface area contributed by atoms with Crippen LogP contribution >= 0.6 is 0 Å². The van der Waals surface area contributed by atoms with Crippen molar-refractivity contribution in [3.05, 3.63) is 34.9 Å². The second kappa shape index (κ2) is 11.9. The third-order valence-electron chi connectivity index (χ3n) is 11.9. The molecule has 3 aliphatic carbocycles. The van der Waals surface area contributed by atoms with Crippen LogP contribution in [0.15, 0.2) is 18.2 Å². The molecule has 3 saturated carbocycles. The van der Waals surface area contributed by atoms with Crippen LogP contribution in [0.4, 0.5) is 0 Å². The summed E-state index contributed by atoms with van der Waals surface area (Å²) in [5, 5.41) is 6.77. The van der Waals surface area contributed by atoms with Crippen molar-refractivity contribution in [1.29, 1.82) is 0 Å². The van der Waals surface area contributed by atoms with Gasteiger partial charge < -0.3 is 4.74 Å². The standard InChI is InChI=1S/C34H55N5O3S/c1-22(2)13-26-21-42-31-15-30(32-23(3)7-5-8-24(32)4)35-33(36-31)37-43(40,41)29-10-6-9-25(14-29)18-39(26)28-19-38(20-28)27-16-34(17-27)11-12-34/h5,7-8,22,25-31,33,35-37H,6,9-21H2,1-4H3/t25?,26-,29?,30?,31?,33?/m1/s1. The van der Waals surface area contributed by atoms with Gasteiger partial charge in [0, 0.05) is 50.2 Å². The molecule has 1 spiro atoms. The van der Waals surface area contributed by atoms with E-state index in [2.05, 4.69) is 71.0 Å². The summed E-state index contributed by atoms with van der Waals surface area (Å²) in [6, 6.07) is 8.07. The van der Waals surface area contributed by atoms with Crippen LogP contribution in [0.25, 0.3) is 0 Å². The molecule has 3 heterocycles. The molecule has 3 saturated heterocycles. The summed E-state index contributed by atoms with van der Waals surface area (Å²) in [6.07, 6.45) is 10.4. The molecule has 240 valence electrons. The first kappa shape index (κ1) is 30.6. The van der Waals surface area contributed by atoms with Gasteiger partial charge in [0.1, 0.15) is 12.5 Å². The van der Waals surface area contributed by atoms with Crippen LogP contribution < -0.4 is 15.4 Å². The Kier molecular flexibility index (Phi) is 8.49. The van der Waals surface area contributed by atoms with Gasteiger partial charge in [-0.25, -0.2) is 8.42 Å². The van der Waals surface area contributed by atoms with E-state index in [-0.39, 0.29) is 17.5 Å². The van der Waals surface area contributed by atoms with Crippen LogP contribution in [0, 0.1) is 31.1 Å². The topological polar surface area (TPSA) is 85.9 Å². The molecule has 6 aliphatic rings. The maximum absolute atomic E-state index is 13.8. The zero-order valence-electron chi connectivity index (χ0n) is 26.9. The molecule has 0 aromatic heterocycles. The molecule has 0 radical (unpaired) electrons. The quantitative estimate of drug-likeness (QED) is 0.454. The fourth-order valence-corrected chi connectivity index (χ4v) is 10.9. The van der Waals surface area contributed by atoms with Gasteiger partial charge in [0.2, 0.25) is 10.0 Å². The molecule has 43 heavy (non-hydrogen) atoms. The van der Waals surface area contributed by atoms with Crippen molar-refractivity contribution in [2.24, 2.45) is 17.3 Å². The van der Waals surface area contributed by atoms with Crippen molar-refractivity contribution in [1.82, 2.24) is 25.2 Å². The van der Waals surface area contributed by atoms with Crippen LogP contribution in [0.5, 0.6) is 0 Å². The Hall–Kier alpha value is -1.07. The van der Waals surface area contributed by atoms with Crippen LogP contribution in [-0.2, 0) is 14.8 Å². The molecule has 1 aromatic carbocycles. The summed E-state index contributed by atoms with van der Waals surface area (Å²) in [6.45, 7) is 13.0. The van der Waals surface area contributed by atoms with Gasteiger partial charge in [-0.15, -0.1) is 0 Å². The number of nitrogens with zero attached hydrogens (tertiary/aromatic N) is 2. The number of sulfonamides is 1. The fourth-order valence-electron chi connectivity index (χ4n) is 9.24. The van der Waals surface area contributed by atoms with Crippen LogP contribution in [0.2, 0.25) is 0 Å². The summed E-state index contributed by atoms with van der Waals surface area (Å²) in [7, 11) is -3.51. The Morgan fingerprint density at radius 3 is 2.44 bits per heavy atom. The number of ether oxygens (including phenoxy) is 1. The van der Waals surface area contributed by atoms with Crippen molar-refractivity contribution in [3.63, 3.8) is 0 Å². The molecular formula is C34H55N5O3S. The van der Waals surface area contributed by atoms with Crippen LogP contribution in [0.1, 0.15) is 101 Å². The summed E-state index contributed by atoms with van der Waals surface area (Å²) in [5.74, 6) is 0.974. The van der Waals surface area contributed by atoms with Gasteiger partial charge in [0.15, 0.2) is 0 Å². The number of aryl methyl sites for hydroxylation is 2. The molecule has 3 N–H and O–H groups in total. The lowest BCUT2D eigenvalue weighted by Crippen LogP contribution is -2.67. The number of fused-ring (bicyclic) bond motifs is 4. The minimum atomic E-state index is -3.51. The van der Waals surface area contributed by atoms with E-state index in [1.54, 1.807) is 0 Å². The Balaban J connectivity index is 1.15. The number of hydrogen-bond acceptors (Lipinski definition) is 7. The normalized spacial score (nSPS) is 37.1. The maximum atomic E-state index is 13.8. The maximum Gasteiger partial charge on any atom is 0.216 e. The highest BCUT2D eigenvalue weighted by atomic mass is 32.2. The van der Waals surface area contributed by atoms with Gasteiger partial charge in [-0.05, 0) is 99.2 Å². The van der Waals surface area contributed by atoms with E-state index >= 15 is 0 Å². The number of likely N-dealkylation sites (tertiary alicyclic amines) is 1. The van der Waals surface area contributed by atoms with E-state index in [1.807, 2.05) is 0 Å². The minimum absolute atomic E-state index is 0.00135. The summed E-state index contributed by atoms with van der Waals surface area (Å²) in [4.78, 5) is 5.53. The van der Waals surface area contributed by atoms with Gasteiger partial charge in [-0.3, -0.25) is 20.4 Å². The molecule has 4 bridgehead atoms. The first-order valence-electron chi connectivity index (χ1n) is 17.3. The highest BCUT2D eigenvalue weighted by Crippen LogP contribution is 2.62. The van der Waals surface area contributed by atoms with Crippen LogP contribution in [0.3, 0.4) is 0 Å². The molecule has 9 heteroatoms. The molecule has 5 unspecified atom stereocenters. The Labute approximate surface area is 260 Å². The molecule has 3 aliphatic heterocycles. The van der Waals surface area contributed by atoms with Crippen molar-refractivity contribution in [3.8, 4) is 0 Å². The average Bonchev–Trinajstić information content (AvgIpc) is 3.70. The Bertz CT molecular complexity index is 1230. The SMILES string of the molecule is Cc1cccc(C)c1C1CC2NC(N1)NS(=O)(=O)C1CCCC(C1)CN(C1CN(C3CC4(CC4)C3)C1)[C@H](CC(C)C)CO2. The Morgan fingerprint density at radius 2 is 1.74 bits per heavy atom. The predicted octanol–water partition coefficient (Wildman–Crippen LogP) is 4.39. The minimum Gasteiger partial charge on any atom is -0.362 e. The molecule has 6 fully saturated rings. The number of benzene rings is 1. The molecular weight excluding hydrogens is 558 g/mol. The van der Waals surface area contributed by atoms with E-state index < -0.39 is 16.3 Å². The summed E-state index contributed by atoms with van der Waals surface area (Å²) < 4.78 is 37.5. The first-order chi connectivity index (χ1) is 20.6. The lowest BCUT2D eigenvalue weighted by Gasteiger charge is -2.55. The van der Waals surface area contributed by atoms with Gasteiger partial charge >= 0.3 is 0 Å². The van der Waals surface area contributed by atoms with E-state index in [1.165, 1.54) is 42.4 Å². The van der Waals surface area contributed by atoms with Gasteiger partial charge in [0.25, 0.3) is 0 Å².